The maximum Gasteiger partial charge on any atom is 0.0273 e. The molecular formula is C9H9N3. The third-order valence-electron chi connectivity index (χ3n) is 1.67. The van der Waals surface area contributed by atoms with Crippen LogP contribution in [-0.4, -0.2) is 4.98 Å². The summed E-state index contributed by atoms with van der Waals surface area (Å²) in [7, 11) is 0. The maximum atomic E-state index is 3.95. The summed E-state index contributed by atoms with van der Waals surface area (Å²) in [5, 5.41) is 0. The topological polar surface area (TPSA) is 37.0 Å². The van der Waals surface area contributed by atoms with Crippen molar-refractivity contribution in [3.63, 3.8) is 0 Å². The Bertz CT molecular complexity index is 314. The van der Waals surface area contributed by atoms with Crippen molar-refractivity contribution in [3.8, 4) is 0 Å². The van der Waals surface area contributed by atoms with Crippen LogP contribution < -0.4 is 10.9 Å². The van der Waals surface area contributed by atoms with Gasteiger partial charge in [0.1, 0.15) is 0 Å². The lowest BCUT2D eigenvalue weighted by molar-refractivity contribution is 0.770. The molecule has 60 valence electrons. The zero-order valence-electron chi connectivity index (χ0n) is 6.49. The Kier molecular flexibility index (Phi) is 1.78. The first-order valence-corrected chi connectivity index (χ1v) is 3.75. The minimum Gasteiger partial charge on any atom is -0.309 e. The average Bonchev–Trinajstić information content (AvgIpc) is 2.21. The van der Waals surface area contributed by atoms with Gasteiger partial charge in [0.05, 0.1) is 0 Å². The summed E-state index contributed by atoms with van der Waals surface area (Å²) < 4.78 is 0. The highest BCUT2D eigenvalue weighted by Crippen LogP contribution is 2.13. The van der Waals surface area contributed by atoms with Crippen molar-refractivity contribution < 1.29 is 0 Å². The lowest BCUT2D eigenvalue weighted by Crippen LogP contribution is -2.23. The van der Waals surface area contributed by atoms with Crippen LogP contribution in [0, 0.1) is 0 Å². The largest absolute Gasteiger partial charge is 0.309 e. The predicted octanol–water partition coefficient (Wildman–Crippen LogP) is 1.04. The number of pyridine rings is 1. The molecule has 1 aliphatic heterocycles. The van der Waals surface area contributed by atoms with Crippen LogP contribution >= 0.6 is 0 Å². The number of nitrogens with zero attached hydrogens (tertiary/aromatic N) is 1. The molecule has 2 N–H and O–H groups in total. The van der Waals surface area contributed by atoms with Gasteiger partial charge in [0.15, 0.2) is 0 Å². The van der Waals surface area contributed by atoms with Crippen LogP contribution in [0.15, 0.2) is 43.0 Å². The molecule has 2 heterocycles. The highest BCUT2D eigenvalue weighted by molar-refractivity contribution is 5.73. The third-order valence-corrected chi connectivity index (χ3v) is 1.67. The molecule has 0 aliphatic carbocycles. The highest BCUT2D eigenvalue weighted by atomic mass is 15.3. The Hall–Kier alpha value is -1.77. The molecule has 3 nitrogen and oxygen atoms in total. The molecule has 0 radical (unpaired) electrons. The van der Waals surface area contributed by atoms with Crippen molar-refractivity contribution >= 4 is 5.57 Å². The van der Waals surface area contributed by atoms with Crippen LogP contribution in [-0.2, 0) is 0 Å². The second-order valence-electron chi connectivity index (χ2n) is 2.46. The van der Waals surface area contributed by atoms with Gasteiger partial charge in [-0.2, -0.15) is 0 Å². The lowest BCUT2D eigenvalue weighted by atomic mass is 10.1. The Morgan fingerprint density at radius 2 is 1.92 bits per heavy atom. The van der Waals surface area contributed by atoms with E-state index in [1.54, 1.807) is 12.4 Å². The first-order valence-electron chi connectivity index (χ1n) is 3.75. The Labute approximate surface area is 70.8 Å². The molecule has 0 aromatic carbocycles. The molecule has 0 saturated carbocycles. The Balaban J connectivity index is 2.31. The highest BCUT2D eigenvalue weighted by Gasteiger charge is 1.98. The van der Waals surface area contributed by atoms with E-state index < -0.39 is 0 Å². The van der Waals surface area contributed by atoms with E-state index in [0.717, 1.165) is 11.1 Å². The minimum absolute atomic E-state index is 1.15. The number of allylic oxidation sites excluding steroid dienone is 2. The average molecular weight is 159 g/mol. The molecule has 0 fully saturated rings. The molecule has 1 aliphatic rings. The van der Waals surface area contributed by atoms with Crippen molar-refractivity contribution in [2.45, 2.75) is 0 Å². The van der Waals surface area contributed by atoms with Crippen LogP contribution in [0.1, 0.15) is 5.56 Å². The maximum absolute atomic E-state index is 3.95. The zero-order chi connectivity index (χ0) is 8.23. The van der Waals surface area contributed by atoms with Gasteiger partial charge in [0.2, 0.25) is 0 Å². The van der Waals surface area contributed by atoms with E-state index in [2.05, 4.69) is 15.8 Å². The van der Waals surface area contributed by atoms with E-state index in [4.69, 9.17) is 0 Å². The number of rotatable bonds is 1. The van der Waals surface area contributed by atoms with Crippen LogP contribution in [0.5, 0.6) is 0 Å². The van der Waals surface area contributed by atoms with Gasteiger partial charge in [-0.1, -0.05) is 0 Å². The Morgan fingerprint density at radius 1 is 1.08 bits per heavy atom. The van der Waals surface area contributed by atoms with Crippen molar-refractivity contribution in [2.24, 2.45) is 0 Å². The van der Waals surface area contributed by atoms with Crippen molar-refractivity contribution in [2.75, 3.05) is 0 Å². The molecule has 0 spiro atoms. The fraction of sp³-hybridized carbons (Fsp3) is 0. The van der Waals surface area contributed by atoms with Gasteiger partial charge in [0, 0.05) is 30.4 Å². The molecule has 0 amide bonds. The Morgan fingerprint density at radius 3 is 2.58 bits per heavy atom. The first kappa shape index (κ1) is 6.91. The fourth-order valence-corrected chi connectivity index (χ4v) is 1.07. The van der Waals surface area contributed by atoms with Crippen LogP contribution in [0.2, 0.25) is 0 Å². The minimum atomic E-state index is 1.15. The van der Waals surface area contributed by atoms with Crippen molar-refractivity contribution in [1.29, 1.82) is 0 Å². The second kappa shape index (κ2) is 3.09. The van der Waals surface area contributed by atoms with Gasteiger partial charge in [0.25, 0.3) is 0 Å². The van der Waals surface area contributed by atoms with E-state index in [1.807, 2.05) is 30.6 Å². The van der Waals surface area contributed by atoms with Crippen LogP contribution in [0.4, 0.5) is 0 Å². The number of nitrogens with one attached hydrogen (secondary N) is 2. The molecular weight excluding hydrogens is 150 g/mol. The van der Waals surface area contributed by atoms with E-state index in [9.17, 15) is 0 Å². The van der Waals surface area contributed by atoms with Gasteiger partial charge in [-0.25, -0.2) is 0 Å². The molecule has 0 unspecified atom stereocenters. The van der Waals surface area contributed by atoms with E-state index in [1.165, 1.54) is 0 Å². The van der Waals surface area contributed by atoms with Crippen molar-refractivity contribution in [1.82, 2.24) is 15.8 Å². The summed E-state index contributed by atoms with van der Waals surface area (Å²) in [5.74, 6) is 0. The fourth-order valence-electron chi connectivity index (χ4n) is 1.07. The number of hydrogen-bond acceptors (Lipinski definition) is 3. The third kappa shape index (κ3) is 1.29. The van der Waals surface area contributed by atoms with Gasteiger partial charge < -0.3 is 10.9 Å². The molecule has 0 saturated heterocycles. The molecule has 0 atom stereocenters. The summed E-state index contributed by atoms with van der Waals surface area (Å²) in [4.78, 5) is 3.95. The number of hydrogen-bond donors (Lipinski definition) is 2. The summed E-state index contributed by atoms with van der Waals surface area (Å²) >= 11 is 0. The predicted molar refractivity (Wildman–Crippen MR) is 47.6 cm³/mol. The smallest absolute Gasteiger partial charge is 0.0273 e. The monoisotopic (exact) mass is 159 g/mol. The van der Waals surface area contributed by atoms with E-state index in [-0.39, 0.29) is 0 Å². The van der Waals surface area contributed by atoms with E-state index in [0.29, 0.717) is 0 Å². The second-order valence-corrected chi connectivity index (χ2v) is 2.46. The van der Waals surface area contributed by atoms with Crippen LogP contribution in [0.3, 0.4) is 0 Å². The number of hydrazine groups is 1. The molecule has 12 heavy (non-hydrogen) atoms. The van der Waals surface area contributed by atoms with E-state index >= 15 is 0 Å². The quantitative estimate of drug-likeness (QED) is 0.643. The van der Waals surface area contributed by atoms with Gasteiger partial charge in [-0.05, 0) is 23.8 Å². The molecule has 0 bridgehead atoms. The first-order chi connectivity index (χ1) is 5.97. The van der Waals surface area contributed by atoms with Gasteiger partial charge in [-0.15, -0.1) is 0 Å². The summed E-state index contributed by atoms with van der Waals surface area (Å²) in [5.41, 5.74) is 8.09. The summed E-state index contributed by atoms with van der Waals surface area (Å²) in [6, 6.07) is 3.95. The lowest BCUT2D eigenvalue weighted by Gasteiger charge is -2.09. The normalized spacial score (nSPS) is 14.5. The number of aromatic nitrogens is 1. The van der Waals surface area contributed by atoms with Crippen molar-refractivity contribution in [3.05, 3.63) is 48.6 Å². The molecule has 1 aromatic heterocycles. The molecule has 3 heteroatoms. The summed E-state index contributed by atoms with van der Waals surface area (Å²) in [6.45, 7) is 0. The molecule has 1 aromatic rings. The van der Waals surface area contributed by atoms with Gasteiger partial charge in [-0.3, -0.25) is 4.98 Å². The zero-order valence-corrected chi connectivity index (χ0v) is 6.49. The van der Waals surface area contributed by atoms with Crippen LogP contribution in [0.25, 0.3) is 5.57 Å². The summed E-state index contributed by atoms with van der Waals surface area (Å²) in [6.07, 6.45) is 9.34. The van der Waals surface area contributed by atoms with Gasteiger partial charge >= 0.3 is 0 Å². The standard InChI is InChI=1S/C9H9N3/c1-4-10-5-2-8(1)9-3-6-11-12-7-9/h1-7,11-12H. The molecule has 2 rings (SSSR count). The SMILES string of the molecule is C1=CC(c2ccncc2)=CNN1.